The summed E-state index contributed by atoms with van der Waals surface area (Å²) in [7, 11) is 4.04. The number of rotatable bonds is 6. The van der Waals surface area contributed by atoms with E-state index in [0.29, 0.717) is 17.8 Å². The van der Waals surface area contributed by atoms with Gasteiger partial charge in [-0.25, -0.2) is 4.79 Å². The van der Waals surface area contributed by atoms with E-state index in [1.807, 2.05) is 27.1 Å². The van der Waals surface area contributed by atoms with Crippen molar-refractivity contribution in [3.8, 4) is 6.07 Å². The average Bonchev–Trinajstić information content (AvgIpc) is 2.61. The molecule has 0 unspecified atom stereocenters. The van der Waals surface area contributed by atoms with Crippen LogP contribution in [-0.2, 0) is 6.42 Å². The van der Waals surface area contributed by atoms with Gasteiger partial charge >= 0.3 is 6.03 Å². The Kier molecular flexibility index (Phi) is 6.41. The van der Waals surface area contributed by atoms with E-state index in [9.17, 15) is 4.79 Å². The van der Waals surface area contributed by atoms with E-state index in [2.05, 4.69) is 45.9 Å². The maximum atomic E-state index is 12.0. The Labute approximate surface area is 149 Å². The molecule has 0 aliphatic carbocycles. The first-order chi connectivity index (χ1) is 12.0. The zero-order chi connectivity index (χ0) is 18.2. The Balaban J connectivity index is 1.76. The number of aryl methyl sites for hydroxylation is 2. The standard InChI is InChI=1S/C20H24N4O/c1-15-6-7-17(14-21)13-19(15)23-20(25)22-12-4-5-16-8-10-18(11-9-16)24(2)3/h6-11,13H,4-5,12H2,1-3H3,(H2,22,23,25). The van der Waals surface area contributed by atoms with Crippen molar-refractivity contribution in [1.82, 2.24) is 5.32 Å². The van der Waals surface area contributed by atoms with Crippen molar-refractivity contribution in [3.63, 3.8) is 0 Å². The lowest BCUT2D eigenvalue weighted by atomic mass is 10.1. The van der Waals surface area contributed by atoms with Crippen LogP contribution in [-0.4, -0.2) is 26.7 Å². The van der Waals surface area contributed by atoms with Crippen LogP contribution in [0.1, 0.15) is 23.1 Å². The van der Waals surface area contributed by atoms with E-state index in [1.54, 1.807) is 12.1 Å². The number of hydrogen-bond acceptors (Lipinski definition) is 3. The fraction of sp³-hybridized carbons (Fsp3) is 0.300. The average molecular weight is 336 g/mol. The predicted molar refractivity (Wildman–Crippen MR) is 102 cm³/mol. The summed E-state index contributed by atoms with van der Waals surface area (Å²) in [6.45, 7) is 2.49. The highest BCUT2D eigenvalue weighted by molar-refractivity contribution is 5.90. The van der Waals surface area contributed by atoms with Gasteiger partial charge in [-0.05, 0) is 55.2 Å². The van der Waals surface area contributed by atoms with Crippen LogP contribution >= 0.6 is 0 Å². The van der Waals surface area contributed by atoms with Crippen LogP contribution in [0.15, 0.2) is 42.5 Å². The van der Waals surface area contributed by atoms with E-state index in [4.69, 9.17) is 5.26 Å². The summed E-state index contributed by atoms with van der Waals surface area (Å²) in [6.07, 6.45) is 1.78. The smallest absolute Gasteiger partial charge is 0.319 e. The molecule has 0 atom stereocenters. The number of benzene rings is 2. The van der Waals surface area contributed by atoms with Gasteiger partial charge in [0.05, 0.1) is 11.6 Å². The number of urea groups is 1. The summed E-state index contributed by atoms with van der Waals surface area (Å²) in [6, 6.07) is 15.5. The first-order valence-corrected chi connectivity index (χ1v) is 8.31. The molecule has 0 spiro atoms. The van der Waals surface area contributed by atoms with Crippen molar-refractivity contribution in [2.45, 2.75) is 19.8 Å². The van der Waals surface area contributed by atoms with Gasteiger partial charge in [0, 0.05) is 32.0 Å². The van der Waals surface area contributed by atoms with Gasteiger partial charge in [0.15, 0.2) is 0 Å². The van der Waals surface area contributed by atoms with Crippen LogP contribution in [0, 0.1) is 18.3 Å². The molecule has 0 saturated heterocycles. The quantitative estimate of drug-likeness (QED) is 0.791. The molecular weight excluding hydrogens is 312 g/mol. The van der Waals surface area contributed by atoms with Crippen LogP contribution in [0.3, 0.4) is 0 Å². The number of nitrogens with zero attached hydrogens (tertiary/aromatic N) is 2. The number of amides is 2. The molecule has 0 aliphatic rings. The predicted octanol–water partition coefficient (Wildman–Crippen LogP) is 3.69. The van der Waals surface area contributed by atoms with Crippen LogP contribution < -0.4 is 15.5 Å². The minimum absolute atomic E-state index is 0.249. The molecule has 2 N–H and O–H groups in total. The molecule has 0 aliphatic heterocycles. The van der Waals surface area contributed by atoms with Crippen LogP contribution in [0.4, 0.5) is 16.2 Å². The second-order valence-electron chi connectivity index (χ2n) is 6.19. The topological polar surface area (TPSA) is 68.2 Å². The number of carbonyl (C=O) groups is 1. The van der Waals surface area contributed by atoms with Crippen molar-refractivity contribution >= 4 is 17.4 Å². The molecule has 0 bridgehead atoms. The summed E-state index contributed by atoms with van der Waals surface area (Å²) >= 11 is 0. The lowest BCUT2D eigenvalue weighted by Gasteiger charge is -2.13. The highest BCUT2D eigenvalue weighted by Gasteiger charge is 2.05. The first-order valence-electron chi connectivity index (χ1n) is 8.31. The van der Waals surface area contributed by atoms with Crippen molar-refractivity contribution in [2.75, 3.05) is 30.9 Å². The van der Waals surface area contributed by atoms with Crippen LogP contribution in [0.5, 0.6) is 0 Å². The van der Waals surface area contributed by atoms with E-state index in [1.165, 1.54) is 11.3 Å². The molecule has 2 aromatic rings. The fourth-order valence-electron chi connectivity index (χ4n) is 2.45. The molecule has 5 nitrogen and oxygen atoms in total. The molecule has 0 radical (unpaired) electrons. The van der Waals surface area contributed by atoms with Crippen LogP contribution in [0.2, 0.25) is 0 Å². The molecular formula is C20H24N4O. The lowest BCUT2D eigenvalue weighted by molar-refractivity contribution is 0.252. The summed E-state index contributed by atoms with van der Waals surface area (Å²) in [5, 5.41) is 14.6. The summed E-state index contributed by atoms with van der Waals surface area (Å²) in [5.41, 5.74) is 4.55. The monoisotopic (exact) mass is 336 g/mol. The normalized spacial score (nSPS) is 10.0. The Bertz CT molecular complexity index is 760. The third-order valence-corrected chi connectivity index (χ3v) is 4.00. The molecule has 0 saturated carbocycles. The van der Waals surface area contributed by atoms with Gasteiger partial charge in [-0.3, -0.25) is 0 Å². The Hall–Kier alpha value is -3.00. The molecule has 2 amide bonds. The van der Waals surface area contributed by atoms with E-state index in [-0.39, 0.29) is 6.03 Å². The van der Waals surface area contributed by atoms with Gasteiger partial charge in [0.2, 0.25) is 0 Å². The number of hydrogen-bond donors (Lipinski definition) is 2. The molecule has 2 rings (SSSR count). The lowest BCUT2D eigenvalue weighted by Crippen LogP contribution is -2.30. The Morgan fingerprint density at radius 1 is 1.16 bits per heavy atom. The third-order valence-electron chi connectivity index (χ3n) is 4.00. The molecule has 130 valence electrons. The van der Waals surface area contributed by atoms with Crippen molar-refractivity contribution in [1.29, 1.82) is 5.26 Å². The third kappa shape index (κ3) is 5.54. The van der Waals surface area contributed by atoms with Gasteiger partial charge < -0.3 is 15.5 Å². The molecule has 2 aromatic carbocycles. The number of carbonyl (C=O) groups excluding carboxylic acids is 1. The second-order valence-corrected chi connectivity index (χ2v) is 6.19. The first kappa shape index (κ1) is 18.3. The van der Waals surface area contributed by atoms with Crippen molar-refractivity contribution < 1.29 is 4.79 Å². The SMILES string of the molecule is Cc1ccc(C#N)cc1NC(=O)NCCCc1ccc(N(C)C)cc1. The van der Waals surface area contributed by atoms with Gasteiger partial charge in [-0.1, -0.05) is 18.2 Å². The molecule has 0 aromatic heterocycles. The van der Waals surface area contributed by atoms with Gasteiger partial charge in [-0.15, -0.1) is 0 Å². The minimum atomic E-state index is -0.249. The fourth-order valence-corrected chi connectivity index (χ4v) is 2.45. The molecule has 25 heavy (non-hydrogen) atoms. The summed E-state index contributed by atoms with van der Waals surface area (Å²) in [4.78, 5) is 14.1. The highest BCUT2D eigenvalue weighted by atomic mass is 16.2. The Morgan fingerprint density at radius 2 is 1.88 bits per heavy atom. The zero-order valence-corrected chi connectivity index (χ0v) is 15.0. The molecule has 0 heterocycles. The summed E-state index contributed by atoms with van der Waals surface area (Å²) in [5.74, 6) is 0. The van der Waals surface area contributed by atoms with Gasteiger partial charge in [-0.2, -0.15) is 5.26 Å². The molecule has 5 heteroatoms. The van der Waals surface area contributed by atoms with E-state index in [0.717, 1.165) is 18.4 Å². The number of nitrogens with one attached hydrogen (secondary N) is 2. The van der Waals surface area contributed by atoms with Crippen molar-refractivity contribution in [3.05, 3.63) is 59.2 Å². The van der Waals surface area contributed by atoms with Crippen LogP contribution in [0.25, 0.3) is 0 Å². The molecule has 0 fully saturated rings. The minimum Gasteiger partial charge on any atom is -0.378 e. The number of nitriles is 1. The number of anilines is 2. The van der Waals surface area contributed by atoms with E-state index < -0.39 is 0 Å². The Morgan fingerprint density at radius 3 is 2.52 bits per heavy atom. The van der Waals surface area contributed by atoms with Crippen molar-refractivity contribution in [2.24, 2.45) is 0 Å². The maximum absolute atomic E-state index is 12.0. The zero-order valence-electron chi connectivity index (χ0n) is 15.0. The van der Waals surface area contributed by atoms with Gasteiger partial charge in [0.25, 0.3) is 0 Å². The highest BCUT2D eigenvalue weighted by Crippen LogP contribution is 2.16. The van der Waals surface area contributed by atoms with E-state index >= 15 is 0 Å². The van der Waals surface area contributed by atoms with Gasteiger partial charge in [0.1, 0.15) is 0 Å². The summed E-state index contributed by atoms with van der Waals surface area (Å²) < 4.78 is 0. The second kappa shape index (κ2) is 8.74. The largest absolute Gasteiger partial charge is 0.378 e. The maximum Gasteiger partial charge on any atom is 0.319 e.